The van der Waals surface area contributed by atoms with Gasteiger partial charge < -0.3 is 10.6 Å². The third-order valence-electron chi connectivity index (χ3n) is 3.89. The van der Waals surface area contributed by atoms with Crippen LogP contribution in [0.1, 0.15) is 40.5 Å². The topological polar surface area (TPSA) is 46.3 Å². The van der Waals surface area contributed by atoms with Crippen molar-refractivity contribution in [2.75, 3.05) is 13.6 Å². The van der Waals surface area contributed by atoms with Gasteiger partial charge in [-0.1, -0.05) is 27.7 Å². The van der Waals surface area contributed by atoms with Crippen molar-refractivity contribution in [3.63, 3.8) is 0 Å². The fourth-order valence-corrected chi connectivity index (χ4v) is 2.24. The lowest BCUT2D eigenvalue weighted by Gasteiger charge is -2.43. The molecule has 3 atom stereocenters. The van der Waals surface area contributed by atoms with Gasteiger partial charge >= 0.3 is 0 Å². The van der Waals surface area contributed by atoms with E-state index in [1.54, 1.807) is 0 Å². The SMILES string of the molecule is CCC1C(=O)CC1N(C)C[C@@H](N)C(C)(C)C. The van der Waals surface area contributed by atoms with Gasteiger partial charge in [-0.25, -0.2) is 0 Å². The van der Waals surface area contributed by atoms with E-state index in [4.69, 9.17) is 5.73 Å². The van der Waals surface area contributed by atoms with Crippen molar-refractivity contribution in [2.45, 2.75) is 52.6 Å². The smallest absolute Gasteiger partial charge is 0.139 e. The molecule has 0 amide bonds. The molecule has 0 aromatic rings. The summed E-state index contributed by atoms with van der Waals surface area (Å²) in [5, 5.41) is 0. The second kappa shape index (κ2) is 4.84. The third-order valence-corrected chi connectivity index (χ3v) is 3.89. The number of carbonyl (C=O) groups excluding carboxylic acids is 1. The molecule has 94 valence electrons. The van der Waals surface area contributed by atoms with Gasteiger partial charge in [0, 0.05) is 31.0 Å². The molecule has 2 N–H and O–H groups in total. The molecule has 16 heavy (non-hydrogen) atoms. The predicted octanol–water partition coefficient (Wildman–Crippen LogP) is 1.66. The van der Waals surface area contributed by atoms with Crippen LogP contribution in [0.4, 0.5) is 0 Å². The lowest BCUT2D eigenvalue weighted by atomic mass is 9.75. The number of rotatable bonds is 4. The molecule has 1 fully saturated rings. The fraction of sp³-hybridized carbons (Fsp3) is 0.923. The standard InChI is InChI=1S/C13H26N2O/c1-6-9-10(7-11(9)16)15(5)8-12(14)13(2,3)4/h9-10,12H,6-8,14H2,1-5H3/t9?,10?,12-/m1/s1. The van der Waals surface area contributed by atoms with Crippen molar-refractivity contribution >= 4 is 5.78 Å². The highest BCUT2D eigenvalue weighted by Crippen LogP contribution is 2.31. The van der Waals surface area contributed by atoms with Crippen molar-refractivity contribution < 1.29 is 4.79 Å². The number of carbonyl (C=O) groups is 1. The summed E-state index contributed by atoms with van der Waals surface area (Å²) in [5.41, 5.74) is 6.29. The van der Waals surface area contributed by atoms with Crippen molar-refractivity contribution in [3.8, 4) is 0 Å². The van der Waals surface area contributed by atoms with Crippen LogP contribution in [0.2, 0.25) is 0 Å². The van der Waals surface area contributed by atoms with E-state index < -0.39 is 0 Å². The van der Waals surface area contributed by atoms with Gasteiger partial charge in [0.15, 0.2) is 0 Å². The van der Waals surface area contributed by atoms with Crippen LogP contribution in [0.25, 0.3) is 0 Å². The summed E-state index contributed by atoms with van der Waals surface area (Å²) in [7, 11) is 2.09. The van der Waals surface area contributed by atoms with Crippen LogP contribution in [-0.2, 0) is 4.79 Å². The van der Waals surface area contributed by atoms with Crippen LogP contribution in [-0.4, -0.2) is 36.4 Å². The highest BCUT2D eigenvalue weighted by Gasteiger charge is 2.41. The second-order valence-electron chi connectivity index (χ2n) is 6.16. The molecule has 1 saturated carbocycles. The number of hydrogen-bond donors (Lipinski definition) is 1. The molecule has 2 unspecified atom stereocenters. The molecule has 0 heterocycles. The Bertz CT molecular complexity index is 257. The maximum atomic E-state index is 11.4. The van der Waals surface area contributed by atoms with E-state index in [9.17, 15) is 4.79 Å². The van der Waals surface area contributed by atoms with Crippen LogP contribution >= 0.6 is 0 Å². The van der Waals surface area contributed by atoms with E-state index in [1.807, 2.05) is 0 Å². The van der Waals surface area contributed by atoms with Gasteiger partial charge in [-0.15, -0.1) is 0 Å². The molecule has 0 aliphatic heterocycles. The molecule has 3 nitrogen and oxygen atoms in total. The van der Waals surface area contributed by atoms with Crippen LogP contribution in [0.5, 0.6) is 0 Å². The summed E-state index contributed by atoms with van der Waals surface area (Å²) in [6, 6.07) is 0.580. The molecular weight excluding hydrogens is 200 g/mol. The fourth-order valence-electron chi connectivity index (χ4n) is 2.24. The number of ketones is 1. The first kappa shape index (κ1) is 13.7. The third kappa shape index (κ3) is 2.83. The monoisotopic (exact) mass is 226 g/mol. The molecule has 1 aliphatic carbocycles. The Morgan fingerprint density at radius 2 is 2.06 bits per heavy atom. The van der Waals surface area contributed by atoms with Gasteiger partial charge in [0.2, 0.25) is 0 Å². The summed E-state index contributed by atoms with van der Waals surface area (Å²) >= 11 is 0. The van der Waals surface area contributed by atoms with E-state index in [2.05, 4.69) is 39.6 Å². The van der Waals surface area contributed by atoms with E-state index in [0.717, 1.165) is 13.0 Å². The Kier molecular flexibility index (Phi) is 4.13. The van der Waals surface area contributed by atoms with Crippen LogP contribution in [0, 0.1) is 11.3 Å². The molecule has 0 aromatic heterocycles. The highest BCUT2D eigenvalue weighted by molar-refractivity contribution is 5.88. The highest BCUT2D eigenvalue weighted by atomic mass is 16.1. The summed E-state index contributed by atoms with van der Waals surface area (Å²) in [4.78, 5) is 13.7. The van der Waals surface area contributed by atoms with E-state index in [1.165, 1.54) is 0 Å². The molecule has 1 aliphatic rings. The number of nitrogens with zero attached hydrogens (tertiary/aromatic N) is 1. The minimum atomic E-state index is 0.129. The van der Waals surface area contributed by atoms with E-state index >= 15 is 0 Å². The first-order chi connectivity index (χ1) is 7.27. The van der Waals surface area contributed by atoms with Gasteiger partial charge in [0.25, 0.3) is 0 Å². The van der Waals surface area contributed by atoms with Crippen molar-refractivity contribution in [1.29, 1.82) is 0 Å². The molecule has 0 radical (unpaired) electrons. The molecule has 0 saturated heterocycles. The first-order valence-electron chi connectivity index (χ1n) is 6.26. The maximum absolute atomic E-state index is 11.4. The average Bonchev–Trinajstić information content (AvgIpc) is 2.12. The predicted molar refractivity (Wildman–Crippen MR) is 67.3 cm³/mol. The molecule has 1 rings (SSSR count). The van der Waals surface area contributed by atoms with Gasteiger partial charge in [0.05, 0.1) is 0 Å². The first-order valence-corrected chi connectivity index (χ1v) is 6.26. The van der Waals surface area contributed by atoms with E-state index in [0.29, 0.717) is 18.2 Å². The zero-order valence-electron chi connectivity index (χ0n) is 11.3. The molecular formula is C13H26N2O. The van der Waals surface area contributed by atoms with Crippen molar-refractivity contribution in [2.24, 2.45) is 17.1 Å². The summed E-state index contributed by atoms with van der Waals surface area (Å²) < 4.78 is 0. The number of nitrogens with two attached hydrogens (primary N) is 1. The lowest BCUT2D eigenvalue weighted by molar-refractivity contribution is -0.135. The Hall–Kier alpha value is -0.410. The van der Waals surface area contributed by atoms with Crippen molar-refractivity contribution in [1.82, 2.24) is 4.90 Å². The van der Waals surface area contributed by atoms with Crippen LogP contribution in [0.15, 0.2) is 0 Å². The van der Waals surface area contributed by atoms with Crippen LogP contribution < -0.4 is 5.73 Å². The number of Topliss-reactive ketones (excluding diaryl/α,β-unsaturated/α-hetero) is 1. The average molecular weight is 226 g/mol. The maximum Gasteiger partial charge on any atom is 0.139 e. The quantitative estimate of drug-likeness (QED) is 0.793. The second-order valence-corrected chi connectivity index (χ2v) is 6.16. The molecule has 3 heteroatoms. The zero-order chi connectivity index (χ0) is 12.5. The largest absolute Gasteiger partial charge is 0.326 e. The minimum Gasteiger partial charge on any atom is -0.326 e. The van der Waals surface area contributed by atoms with Gasteiger partial charge in [-0.3, -0.25) is 4.79 Å². The Morgan fingerprint density at radius 3 is 2.44 bits per heavy atom. The zero-order valence-corrected chi connectivity index (χ0v) is 11.3. The van der Waals surface area contributed by atoms with E-state index in [-0.39, 0.29) is 17.4 Å². The minimum absolute atomic E-state index is 0.129. The number of likely N-dealkylation sites (N-methyl/N-ethyl adjacent to an activating group) is 1. The summed E-state index contributed by atoms with van der Waals surface area (Å²) in [6.45, 7) is 9.45. The molecule has 0 aromatic carbocycles. The summed E-state index contributed by atoms with van der Waals surface area (Å²) in [5.74, 6) is 0.667. The Morgan fingerprint density at radius 1 is 1.50 bits per heavy atom. The summed E-state index contributed by atoms with van der Waals surface area (Å²) in [6.07, 6.45) is 1.67. The number of hydrogen-bond acceptors (Lipinski definition) is 3. The normalized spacial score (nSPS) is 28.1. The van der Waals surface area contributed by atoms with Crippen molar-refractivity contribution in [3.05, 3.63) is 0 Å². The van der Waals surface area contributed by atoms with Crippen LogP contribution in [0.3, 0.4) is 0 Å². The Labute approximate surface area is 99.4 Å². The lowest BCUT2D eigenvalue weighted by Crippen LogP contribution is -2.55. The molecule has 0 spiro atoms. The van der Waals surface area contributed by atoms with Gasteiger partial charge in [0.1, 0.15) is 5.78 Å². The Balaban J connectivity index is 2.47. The van der Waals surface area contributed by atoms with Gasteiger partial charge in [-0.2, -0.15) is 0 Å². The molecule has 0 bridgehead atoms. The van der Waals surface area contributed by atoms with Gasteiger partial charge in [-0.05, 0) is 18.9 Å².